The summed E-state index contributed by atoms with van der Waals surface area (Å²) < 4.78 is 11.4. The second-order valence-corrected chi connectivity index (χ2v) is 6.85. The molecule has 0 spiro atoms. The Kier molecular flexibility index (Phi) is 6.90. The van der Waals surface area contributed by atoms with Crippen LogP contribution in [-0.4, -0.2) is 68.4 Å². The highest BCUT2D eigenvalue weighted by Gasteiger charge is 2.17. The summed E-state index contributed by atoms with van der Waals surface area (Å²) in [4.78, 5) is 5.05. The van der Waals surface area contributed by atoms with Crippen molar-refractivity contribution in [2.45, 2.75) is 31.9 Å². The molecule has 0 aliphatic carbocycles. The SMILES string of the molecule is NCCCN1CCN(Cc2ccc(OCC3CCCO3)cc2)CC1. The van der Waals surface area contributed by atoms with Crippen LogP contribution in [-0.2, 0) is 11.3 Å². The normalized spacial score (nSPS) is 22.8. The van der Waals surface area contributed by atoms with Gasteiger partial charge in [-0.1, -0.05) is 12.1 Å². The molecule has 2 saturated heterocycles. The summed E-state index contributed by atoms with van der Waals surface area (Å²) in [7, 11) is 0. The van der Waals surface area contributed by atoms with Gasteiger partial charge < -0.3 is 20.1 Å². The first kappa shape index (κ1) is 17.7. The van der Waals surface area contributed by atoms with Crippen LogP contribution >= 0.6 is 0 Å². The molecule has 24 heavy (non-hydrogen) atoms. The Morgan fingerprint density at radius 2 is 1.83 bits per heavy atom. The molecule has 0 radical (unpaired) electrons. The van der Waals surface area contributed by atoms with Crippen LogP contribution in [0.25, 0.3) is 0 Å². The topological polar surface area (TPSA) is 51.0 Å². The van der Waals surface area contributed by atoms with Gasteiger partial charge in [0.1, 0.15) is 12.4 Å². The third-order valence-corrected chi connectivity index (χ3v) is 4.93. The van der Waals surface area contributed by atoms with E-state index in [-0.39, 0.29) is 6.10 Å². The van der Waals surface area contributed by atoms with Crippen molar-refractivity contribution in [3.63, 3.8) is 0 Å². The Bertz CT molecular complexity index is 466. The maximum absolute atomic E-state index is 5.83. The molecule has 2 aliphatic rings. The Morgan fingerprint density at radius 3 is 2.50 bits per heavy atom. The van der Waals surface area contributed by atoms with Crippen LogP contribution in [0.15, 0.2) is 24.3 Å². The molecule has 1 aromatic carbocycles. The van der Waals surface area contributed by atoms with Gasteiger partial charge in [-0.15, -0.1) is 0 Å². The summed E-state index contributed by atoms with van der Waals surface area (Å²) in [5, 5.41) is 0. The summed E-state index contributed by atoms with van der Waals surface area (Å²) in [6, 6.07) is 8.54. The number of ether oxygens (including phenoxy) is 2. The Labute approximate surface area is 145 Å². The first-order valence-corrected chi connectivity index (χ1v) is 9.31. The molecular weight excluding hydrogens is 302 g/mol. The van der Waals surface area contributed by atoms with Gasteiger partial charge in [0.15, 0.2) is 0 Å². The monoisotopic (exact) mass is 333 g/mol. The van der Waals surface area contributed by atoms with E-state index in [2.05, 4.69) is 34.1 Å². The summed E-state index contributed by atoms with van der Waals surface area (Å²) in [6.45, 7) is 9.10. The van der Waals surface area contributed by atoms with E-state index < -0.39 is 0 Å². The smallest absolute Gasteiger partial charge is 0.119 e. The molecule has 5 nitrogen and oxygen atoms in total. The van der Waals surface area contributed by atoms with Gasteiger partial charge in [0.2, 0.25) is 0 Å². The number of hydrogen-bond acceptors (Lipinski definition) is 5. The minimum atomic E-state index is 0.278. The molecule has 3 rings (SSSR count). The second-order valence-electron chi connectivity index (χ2n) is 6.85. The molecule has 5 heteroatoms. The average molecular weight is 333 g/mol. The van der Waals surface area contributed by atoms with Gasteiger partial charge in [0.25, 0.3) is 0 Å². The zero-order valence-electron chi connectivity index (χ0n) is 14.7. The Morgan fingerprint density at radius 1 is 1.08 bits per heavy atom. The van der Waals surface area contributed by atoms with Crippen LogP contribution in [0.1, 0.15) is 24.8 Å². The van der Waals surface area contributed by atoms with Crippen molar-refractivity contribution in [1.29, 1.82) is 0 Å². The summed E-state index contributed by atoms with van der Waals surface area (Å²) >= 11 is 0. The van der Waals surface area contributed by atoms with Crippen LogP contribution in [0.5, 0.6) is 5.75 Å². The van der Waals surface area contributed by atoms with Crippen molar-refractivity contribution >= 4 is 0 Å². The lowest BCUT2D eigenvalue weighted by molar-refractivity contribution is 0.0679. The molecule has 2 N–H and O–H groups in total. The predicted octanol–water partition coefficient (Wildman–Crippen LogP) is 1.71. The highest BCUT2D eigenvalue weighted by atomic mass is 16.5. The van der Waals surface area contributed by atoms with Gasteiger partial charge in [-0.3, -0.25) is 4.90 Å². The number of nitrogens with two attached hydrogens (primary N) is 1. The quantitative estimate of drug-likeness (QED) is 0.785. The molecule has 134 valence electrons. The zero-order valence-corrected chi connectivity index (χ0v) is 14.7. The number of hydrogen-bond donors (Lipinski definition) is 1. The van der Waals surface area contributed by atoms with Crippen LogP contribution in [0.3, 0.4) is 0 Å². The van der Waals surface area contributed by atoms with Crippen molar-refractivity contribution in [2.75, 3.05) is 52.5 Å². The maximum atomic E-state index is 5.83. The number of benzene rings is 1. The molecule has 2 heterocycles. The maximum Gasteiger partial charge on any atom is 0.119 e. The van der Waals surface area contributed by atoms with Crippen molar-refractivity contribution in [3.05, 3.63) is 29.8 Å². The first-order chi connectivity index (χ1) is 11.8. The van der Waals surface area contributed by atoms with Gasteiger partial charge in [-0.2, -0.15) is 0 Å². The fraction of sp³-hybridized carbons (Fsp3) is 0.684. The predicted molar refractivity (Wildman–Crippen MR) is 96.3 cm³/mol. The first-order valence-electron chi connectivity index (χ1n) is 9.31. The fourth-order valence-electron chi connectivity index (χ4n) is 3.40. The van der Waals surface area contributed by atoms with E-state index in [9.17, 15) is 0 Å². The van der Waals surface area contributed by atoms with E-state index in [1.807, 2.05) is 0 Å². The standard InChI is InChI=1S/C19H31N3O2/c20-8-2-9-21-10-12-22(13-11-21)15-17-4-6-18(7-5-17)24-16-19-3-1-14-23-19/h4-7,19H,1-3,8-16,20H2. The Hall–Kier alpha value is -1.14. The second kappa shape index (κ2) is 9.37. The third kappa shape index (κ3) is 5.45. The molecule has 1 aromatic rings. The summed E-state index contributed by atoms with van der Waals surface area (Å²) in [5.74, 6) is 0.945. The largest absolute Gasteiger partial charge is 0.491 e. The minimum Gasteiger partial charge on any atom is -0.491 e. The zero-order chi connectivity index (χ0) is 16.6. The fourth-order valence-corrected chi connectivity index (χ4v) is 3.40. The van der Waals surface area contributed by atoms with E-state index in [4.69, 9.17) is 15.2 Å². The van der Waals surface area contributed by atoms with Crippen LogP contribution in [0, 0.1) is 0 Å². The van der Waals surface area contributed by atoms with E-state index in [1.54, 1.807) is 0 Å². The molecule has 2 aliphatic heterocycles. The van der Waals surface area contributed by atoms with Crippen LogP contribution in [0.4, 0.5) is 0 Å². The molecule has 0 aromatic heterocycles. The average Bonchev–Trinajstić information content (AvgIpc) is 3.14. The van der Waals surface area contributed by atoms with E-state index in [1.165, 1.54) is 5.56 Å². The van der Waals surface area contributed by atoms with Crippen LogP contribution < -0.4 is 10.5 Å². The lowest BCUT2D eigenvalue weighted by Gasteiger charge is -2.34. The molecular formula is C19H31N3O2. The summed E-state index contributed by atoms with van der Waals surface area (Å²) in [5.41, 5.74) is 6.95. The minimum absolute atomic E-state index is 0.278. The number of nitrogens with zero attached hydrogens (tertiary/aromatic N) is 2. The van der Waals surface area contributed by atoms with Gasteiger partial charge in [0.05, 0.1) is 6.10 Å². The molecule has 1 unspecified atom stereocenters. The van der Waals surface area contributed by atoms with Gasteiger partial charge in [0, 0.05) is 39.3 Å². The molecule has 0 amide bonds. The van der Waals surface area contributed by atoms with Gasteiger partial charge >= 0.3 is 0 Å². The lowest BCUT2D eigenvalue weighted by Crippen LogP contribution is -2.46. The van der Waals surface area contributed by atoms with E-state index in [0.29, 0.717) is 6.61 Å². The van der Waals surface area contributed by atoms with E-state index in [0.717, 1.165) is 77.4 Å². The third-order valence-electron chi connectivity index (χ3n) is 4.93. The molecule has 1 atom stereocenters. The van der Waals surface area contributed by atoms with Crippen molar-refractivity contribution in [2.24, 2.45) is 5.73 Å². The Balaban J connectivity index is 1.38. The van der Waals surface area contributed by atoms with Crippen molar-refractivity contribution in [3.8, 4) is 5.75 Å². The summed E-state index contributed by atoms with van der Waals surface area (Å²) in [6.07, 6.45) is 3.66. The van der Waals surface area contributed by atoms with E-state index >= 15 is 0 Å². The lowest BCUT2D eigenvalue weighted by atomic mass is 10.2. The van der Waals surface area contributed by atoms with Gasteiger partial charge in [-0.25, -0.2) is 0 Å². The van der Waals surface area contributed by atoms with Crippen LogP contribution in [0.2, 0.25) is 0 Å². The number of piperazine rings is 1. The molecule has 2 fully saturated rings. The number of rotatable bonds is 8. The van der Waals surface area contributed by atoms with Gasteiger partial charge in [-0.05, 0) is 50.0 Å². The molecule has 0 saturated carbocycles. The highest BCUT2D eigenvalue weighted by Crippen LogP contribution is 2.17. The molecule has 0 bridgehead atoms. The van der Waals surface area contributed by atoms with Crippen molar-refractivity contribution < 1.29 is 9.47 Å². The highest BCUT2D eigenvalue weighted by molar-refractivity contribution is 5.27. The van der Waals surface area contributed by atoms with Crippen molar-refractivity contribution in [1.82, 2.24) is 9.80 Å².